The number of aryl methyl sites for hydroxylation is 1. The first-order valence-corrected chi connectivity index (χ1v) is 7.38. The van der Waals surface area contributed by atoms with Crippen LogP contribution in [0.25, 0.3) is 11.3 Å². The fourth-order valence-electron chi connectivity index (χ4n) is 1.80. The van der Waals surface area contributed by atoms with E-state index in [0.717, 1.165) is 41.1 Å². The second-order valence-electron chi connectivity index (χ2n) is 4.84. The summed E-state index contributed by atoms with van der Waals surface area (Å²) in [6.07, 6.45) is 3.71. The molecule has 19 heavy (non-hydrogen) atoms. The number of halogens is 1. The highest BCUT2D eigenvalue weighted by molar-refractivity contribution is 9.10. The molecule has 0 saturated carbocycles. The Morgan fingerprint density at radius 1 is 1.26 bits per heavy atom. The molecule has 0 unspecified atom stereocenters. The predicted molar refractivity (Wildman–Crippen MR) is 81.1 cm³/mol. The summed E-state index contributed by atoms with van der Waals surface area (Å²) in [7, 11) is 0. The second kappa shape index (κ2) is 6.87. The Morgan fingerprint density at radius 3 is 2.68 bits per heavy atom. The van der Waals surface area contributed by atoms with E-state index in [0.29, 0.717) is 6.04 Å². The van der Waals surface area contributed by atoms with E-state index in [1.165, 1.54) is 0 Å². The molecule has 0 aliphatic carbocycles. The van der Waals surface area contributed by atoms with E-state index in [1.807, 2.05) is 24.3 Å². The zero-order chi connectivity index (χ0) is 13.7. The summed E-state index contributed by atoms with van der Waals surface area (Å²) in [5, 5.41) is 3.39. The molecule has 0 aliphatic rings. The van der Waals surface area contributed by atoms with Crippen molar-refractivity contribution >= 4 is 15.9 Å². The summed E-state index contributed by atoms with van der Waals surface area (Å²) in [6, 6.07) is 8.58. The molecule has 1 heterocycles. The highest BCUT2D eigenvalue weighted by Gasteiger charge is 2.06. The Kier molecular flexibility index (Phi) is 5.16. The van der Waals surface area contributed by atoms with E-state index >= 15 is 0 Å². The van der Waals surface area contributed by atoms with Gasteiger partial charge in [-0.15, -0.1) is 0 Å². The monoisotopic (exact) mass is 322 g/mol. The Labute approximate surface area is 122 Å². The van der Waals surface area contributed by atoms with Crippen molar-refractivity contribution in [1.82, 2.24) is 10.3 Å². The summed E-state index contributed by atoms with van der Waals surface area (Å²) < 4.78 is 6.83. The van der Waals surface area contributed by atoms with Gasteiger partial charge >= 0.3 is 0 Å². The maximum absolute atomic E-state index is 5.76. The van der Waals surface area contributed by atoms with Crippen LogP contribution in [0.1, 0.15) is 26.2 Å². The number of hydrogen-bond donors (Lipinski definition) is 1. The van der Waals surface area contributed by atoms with E-state index in [2.05, 4.69) is 40.1 Å². The van der Waals surface area contributed by atoms with Crippen LogP contribution in [0.2, 0.25) is 0 Å². The van der Waals surface area contributed by atoms with Crippen molar-refractivity contribution in [3.05, 3.63) is 40.8 Å². The van der Waals surface area contributed by atoms with Crippen LogP contribution in [0.15, 0.2) is 39.4 Å². The van der Waals surface area contributed by atoms with Crippen molar-refractivity contribution in [2.75, 3.05) is 6.54 Å². The van der Waals surface area contributed by atoms with Gasteiger partial charge in [0.2, 0.25) is 0 Å². The molecule has 1 N–H and O–H groups in total. The predicted octanol–water partition coefficient (Wildman–Crippen LogP) is 4.03. The van der Waals surface area contributed by atoms with E-state index in [9.17, 15) is 0 Å². The fraction of sp³-hybridized carbons (Fsp3) is 0.400. The number of oxazole rings is 1. The largest absolute Gasteiger partial charge is 0.441 e. The van der Waals surface area contributed by atoms with Crippen molar-refractivity contribution in [2.45, 2.75) is 32.7 Å². The number of benzene rings is 1. The van der Waals surface area contributed by atoms with Gasteiger partial charge in [0.15, 0.2) is 11.7 Å². The van der Waals surface area contributed by atoms with Crippen molar-refractivity contribution in [1.29, 1.82) is 0 Å². The molecule has 3 nitrogen and oxygen atoms in total. The minimum absolute atomic E-state index is 0.530. The van der Waals surface area contributed by atoms with Crippen LogP contribution in [0.5, 0.6) is 0 Å². The molecule has 2 aromatic rings. The standard InChI is InChI=1S/C15H19BrN2O/c1-11(2)17-9-3-4-15-18-10-14(19-15)12-5-7-13(16)8-6-12/h5-8,10-11,17H,3-4,9H2,1-2H3. The molecule has 0 atom stereocenters. The van der Waals surface area contributed by atoms with Gasteiger partial charge in [-0.3, -0.25) is 0 Å². The highest BCUT2D eigenvalue weighted by atomic mass is 79.9. The van der Waals surface area contributed by atoms with Gasteiger partial charge in [0.05, 0.1) is 6.20 Å². The fourth-order valence-corrected chi connectivity index (χ4v) is 2.07. The molecule has 0 amide bonds. The van der Waals surface area contributed by atoms with Gasteiger partial charge in [-0.1, -0.05) is 41.9 Å². The third-order valence-corrected chi connectivity index (χ3v) is 3.33. The van der Waals surface area contributed by atoms with Gasteiger partial charge in [-0.2, -0.15) is 0 Å². The Morgan fingerprint density at radius 2 is 2.00 bits per heavy atom. The topological polar surface area (TPSA) is 38.1 Å². The molecule has 0 bridgehead atoms. The SMILES string of the molecule is CC(C)NCCCc1ncc(-c2ccc(Br)cc2)o1. The maximum atomic E-state index is 5.76. The molecule has 0 spiro atoms. The number of aromatic nitrogens is 1. The average Bonchev–Trinajstić information content (AvgIpc) is 2.84. The third kappa shape index (κ3) is 4.48. The average molecular weight is 323 g/mol. The second-order valence-corrected chi connectivity index (χ2v) is 5.75. The molecule has 4 heteroatoms. The van der Waals surface area contributed by atoms with Crippen LogP contribution < -0.4 is 5.32 Å². The molecule has 1 aromatic heterocycles. The Hall–Kier alpha value is -1.13. The van der Waals surface area contributed by atoms with E-state index in [4.69, 9.17) is 4.42 Å². The first-order chi connectivity index (χ1) is 9.15. The number of hydrogen-bond acceptors (Lipinski definition) is 3. The Balaban J connectivity index is 1.90. The highest BCUT2D eigenvalue weighted by Crippen LogP contribution is 2.22. The van der Waals surface area contributed by atoms with Gasteiger partial charge in [0.1, 0.15) is 0 Å². The molecule has 0 fully saturated rings. The van der Waals surface area contributed by atoms with Gasteiger partial charge in [-0.25, -0.2) is 4.98 Å². The summed E-state index contributed by atoms with van der Waals surface area (Å²) >= 11 is 3.42. The summed E-state index contributed by atoms with van der Waals surface area (Å²) in [6.45, 7) is 5.29. The zero-order valence-corrected chi connectivity index (χ0v) is 12.9. The molecule has 1 aromatic carbocycles. The number of rotatable bonds is 6. The lowest BCUT2D eigenvalue weighted by molar-refractivity contribution is 0.484. The first kappa shape index (κ1) is 14.3. The van der Waals surface area contributed by atoms with Gasteiger partial charge in [-0.05, 0) is 25.1 Å². The molecular formula is C15H19BrN2O. The normalized spacial score (nSPS) is 11.2. The van der Waals surface area contributed by atoms with Crippen LogP contribution in [-0.4, -0.2) is 17.6 Å². The lowest BCUT2D eigenvalue weighted by Gasteiger charge is -2.05. The maximum Gasteiger partial charge on any atom is 0.194 e. The van der Waals surface area contributed by atoms with Crippen LogP contribution in [0.4, 0.5) is 0 Å². The smallest absolute Gasteiger partial charge is 0.194 e. The number of nitrogens with one attached hydrogen (secondary N) is 1. The lowest BCUT2D eigenvalue weighted by atomic mass is 10.2. The quantitative estimate of drug-likeness (QED) is 0.816. The van der Waals surface area contributed by atoms with E-state index < -0.39 is 0 Å². The summed E-state index contributed by atoms with van der Waals surface area (Å²) in [4.78, 5) is 4.33. The van der Waals surface area contributed by atoms with Crippen molar-refractivity contribution in [3.8, 4) is 11.3 Å². The van der Waals surface area contributed by atoms with Crippen LogP contribution >= 0.6 is 15.9 Å². The summed E-state index contributed by atoms with van der Waals surface area (Å²) in [5.41, 5.74) is 1.06. The van der Waals surface area contributed by atoms with Gasteiger partial charge in [0, 0.05) is 22.5 Å². The van der Waals surface area contributed by atoms with Crippen molar-refractivity contribution < 1.29 is 4.42 Å². The minimum Gasteiger partial charge on any atom is -0.441 e. The number of nitrogens with zero attached hydrogens (tertiary/aromatic N) is 1. The van der Waals surface area contributed by atoms with E-state index in [1.54, 1.807) is 6.20 Å². The van der Waals surface area contributed by atoms with Crippen molar-refractivity contribution in [2.24, 2.45) is 0 Å². The molecule has 0 saturated heterocycles. The third-order valence-electron chi connectivity index (χ3n) is 2.80. The molecule has 0 radical (unpaired) electrons. The zero-order valence-electron chi connectivity index (χ0n) is 11.3. The van der Waals surface area contributed by atoms with Crippen LogP contribution in [0.3, 0.4) is 0 Å². The van der Waals surface area contributed by atoms with Gasteiger partial charge in [0.25, 0.3) is 0 Å². The van der Waals surface area contributed by atoms with E-state index in [-0.39, 0.29) is 0 Å². The van der Waals surface area contributed by atoms with Gasteiger partial charge < -0.3 is 9.73 Å². The minimum atomic E-state index is 0.530. The van der Waals surface area contributed by atoms with Crippen LogP contribution in [0, 0.1) is 0 Å². The first-order valence-electron chi connectivity index (χ1n) is 6.59. The molecule has 2 rings (SSSR count). The molecule has 102 valence electrons. The lowest BCUT2D eigenvalue weighted by Crippen LogP contribution is -2.23. The van der Waals surface area contributed by atoms with Crippen molar-refractivity contribution in [3.63, 3.8) is 0 Å². The van der Waals surface area contributed by atoms with Crippen LogP contribution in [-0.2, 0) is 6.42 Å². The molecular weight excluding hydrogens is 304 g/mol. The summed E-state index contributed by atoms with van der Waals surface area (Å²) in [5.74, 6) is 1.64. The Bertz CT molecular complexity index is 505. The molecule has 0 aliphatic heterocycles.